The number of rotatable bonds is 5. The molecule has 0 atom stereocenters. The first kappa shape index (κ1) is 12.1. The Bertz CT molecular complexity index is 387. The number of hydrogen-bond donors (Lipinski definition) is 2. The Hall–Kier alpha value is -0.390. The molecule has 1 heterocycles. The highest BCUT2D eigenvalue weighted by Gasteiger charge is 2.43. The van der Waals surface area contributed by atoms with E-state index < -0.39 is 11.4 Å². The van der Waals surface area contributed by atoms with Gasteiger partial charge < -0.3 is 10.4 Å². The van der Waals surface area contributed by atoms with Gasteiger partial charge in [0.15, 0.2) is 0 Å². The van der Waals surface area contributed by atoms with E-state index in [9.17, 15) is 4.79 Å². The Morgan fingerprint density at radius 2 is 2.38 bits per heavy atom. The van der Waals surface area contributed by atoms with E-state index in [0.717, 1.165) is 30.3 Å². The minimum Gasteiger partial charge on any atom is -0.481 e. The maximum Gasteiger partial charge on any atom is 0.310 e. The number of thiophene rings is 1. The number of halogens is 1. The molecule has 1 saturated carbocycles. The molecule has 0 unspecified atom stereocenters. The van der Waals surface area contributed by atoms with Crippen molar-refractivity contribution in [3.05, 3.63) is 20.8 Å². The van der Waals surface area contributed by atoms with Crippen molar-refractivity contribution in [2.75, 3.05) is 6.54 Å². The van der Waals surface area contributed by atoms with Crippen LogP contribution >= 0.6 is 27.3 Å². The molecule has 0 amide bonds. The van der Waals surface area contributed by atoms with Crippen molar-refractivity contribution in [2.45, 2.75) is 25.8 Å². The second kappa shape index (κ2) is 4.85. The lowest BCUT2D eigenvalue weighted by molar-refractivity contribution is -0.154. The average molecular weight is 304 g/mol. The van der Waals surface area contributed by atoms with E-state index in [4.69, 9.17) is 5.11 Å². The van der Waals surface area contributed by atoms with E-state index >= 15 is 0 Å². The van der Waals surface area contributed by atoms with Gasteiger partial charge >= 0.3 is 5.97 Å². The number of aliphatic carboxylic acids is 1. The SMILES string of the molecule is O=C(O)C1(CNCc2cc(Br)cs2)CCC1. The Morgan fingerprint density at radius 3 is 2.81 bits per heavy atom. The molecule has 2 N–H and O–H groups in total. The summed E-state index contributed by atoms with van der Waals surface area (Å²) in [6, 6.07) is 2.06. The van der Waals surface area contributed by atoms with E-state index in [-0.39, 0.29) is 0 Å². The lowest BCUT2D eigenvalue weighted by Gasteiger charge is -2.37. The fraction of sp³-hybridized carbons (Fsp3) is 0.545. The van der Waals surface area contributed by atoms with Crippen molar-refractivity contribution in [2.24, 2.45) is 5.41 Å². The monoisotopic (exact) mass is 303 g/mol. The van der Waals surface area contributed by atoms with Crippen LogP contribution in [-0.4, -0.2) is 17.6 Å². The van der Waals surface area contributed by atoms with Gasteiger partial charge in [0.2, 0.25) is 0 Å². The van der Waals surface area contributed by atoms with Crippen molar-refractivity contribution in [1.82, 2.24) is 5.32 Å². The zero-order chi connectivity index (χ0) is 11.6. The second-order valence-electron chi connectivity index (χ2n) is 4.27. The number of carboxylic acid groups (broad SMARTS) is 1. The summed E-state index contributed by atoms with van der Waals surface area (Å²) in [5, 5.41) is 14.4. The zero-order valence-electron chi connectivity index (χ0n) is 8.83. The lowest BCUT2D eigenvalue weighted by Crippen LogP contribution is -2.45. The van der Waals surface area contributed by atoms with Crippen molar-refractivity contribution in [3.63, 3.8) is 0 Å². The van der Waals surface area contributed by atoms with Crippen LogP contribution in [-0.2, 0) is 11.3 Å². The van der Waals surface area contributed by atoms with Gasteiger partial charge in [-0.15, -0.1) is 11.3 Å². The molecule has 2 rings (SSSR count). The fourth-order valence-corrected chi connectivity index (χ4v) is 3.36. The highest BCUT2D eigenvalue weighted by Crippen LogP contribution is 2.40. The molecule has 0 aromatic carbocycles. The van der Waals surface area contributed by atoms with Gasteiger partial charge in [-0.1, -0.05) is 6.42 Å². The second-order valence-corrected chi connectivity index (χ2v) is 6.19. The first-order valence-corrected chi connectivity index (χ1v) is 6.97. The standard InChI is InChI=1S/C11H14BrNO2S/c12-8-4-9(16-6-8)5-13-7-11(10(14)15)2-1-3-11/h4,6,13H,1-3,5,7H2,(H,14,15). The third kappa shape index (κ3) is 2.47. The van der Waals surface area contributed by atoms with Crippen LogP contribution in [0.1, 0.15) is 24.1 Å². The normalized spacial score (nSPS) is 18.1. The summed E-state index contributed by atoms with van der Waals surface area (Å²) in [5.74, 6) is -0.654. The molecule has 1 aliphatic carbocycles. The highest BCUT2D eigenvalue weighted by molar-refractivity contribution is 9.10. The van der Waals surface area contributed by atoms with Crippen LogP contribution in [0.3, 0.4) is 0 Å². The molecule has 0 spiro atoms. The molecule has 0 bridgehead atoms. The molecule has 0 aliphatic heterocycles. The topological polar surface area (TPSA) is 49.3 Å². The van der Waals surface area contributed by atoms with E-state index in [0.29, 0.717) is 6.54 Å². The van der Waals surface area contributed by atoms with Gasteiger partial charge in [-0.2, -0.15) is 0 Å². The summed E-state index contributed by atoms with van der Waals surface area (Å²) in [6.45, 7) is 1.34. The van der Waals surface area contributed by atoms with Crippen LogP contribution < -0.4 is 5.32 Å². The molecule has 1 fully saturated rings. The highest BCUT2D eigenvalue weighted by atomic mass is 79.9. The molecule has 1 aromatic rings. The summed E-state index contributed by atoms with van der Waals surface area (Å²) >= 11 is 5.08. The largest absolute Gasteiger partial charge is 0.481 e. The Morgan fingerprint density at radius 1 is 1.62 bits per heavy atom. The van der Waals surface area contributed by atoms with Crippen molar-refractivity contribution >= 4 is 33.2 Å². The first-order chi connectivity index (χ1) is 7.62. The van der Waals surface area contributed by atoms with Crippen LogP contribution in [0.4, 0.5) is 0 Å². The van der Waals surface area contributed by atoms with Gasteiger partial charge in [-0.05, 0) is 34.8 Å². The molecule has 16 heavy (non-hydrogen) atoms. The molecular formula is C11H14BrNO2S. The molecule has 1 aliphatic rings. The molecule has 1 aromatic heterocycles. The van der Waals surface area contributed by atoms with Crippen molar-refractivity contribution < 1.29 is 9.90 Å². The zero-order valence-corrected chi connectivity index (χ0v) is 11.2. The van der Waals surface area contributed by atoms with Crippen LogP contribution in [0.5, 0.6) is 0 Å². The summed E-state index contributed by atoms with van der Waals surface area (Å²) in [6.07, 6.45) is 2.66. The molecule has 3 nitrogen and oxygen atoms in total. The van der Waals surface area contributed by atoms with Gasteiger partial charge in [0.05, 0.1) is 5.41 Å². The van der Waals surface area contributed by atoms with E-state index in [1.165, 1.54) is 4.88 Å². The number of nitrogens with one attached hydrogen (secondary N) is 1. The molecule has 88 valence electrons. The van der Waals surface area contributed by atoms with Crippen molar-refractivity contribution in [1.29, 1.82) is 0 Å². The summed E-state index contributed by atoms with van der Waals surface area (Å²) in [7, 11) is 0. The van der Waals surface area contributed by atoms with E-state index in [1.54, 1.807) is 11.3 Å². The number of carboxylic acids is 1. The molecule has 0 saturated heterocycles. The average Bonchev–Trinajstić information content (AvgIpc) is 2.55. The van der Waals surface area contributed by atoms with Gasteiger partial charge in [0.25, 0.3) is 0 Å². The van der Waals surface area contributed by atoms with Crippen LogP contribution in [0.25, 0.3) is 0 Å². The molecular weight excluding hydrogens is 290 g/mol. The Kier molecular flexibility index (Phi) is 3.66. The van der Waals surface area contributed by atoms with Crippen LogP contribution in [0, 0.1) is 5.41 Å². The van der Waals surface area contributed by atoms with E-state index in [1.807, 2.05) is 5.38 Å². The van der Waals surface area contributed by atoms with E-state index in [2.05, 4.69) is 27.3 Å². The van der Waals surface area contributed by atoms with Gasteiger partial charge in [0.1, 0.15) is 0 Å². The summed E-state index contributed by atoms with van der Waals surface area (Å²) in [4.78, 5) is 12.3. The predicted octanol–water partition coefficient (Wildman–Crippen LogP) is 2.86. The number of carbonyl (C=O) groups is 1. The molecule has 0 radical (unpaired) electrons. The van der Waals surface area contributed by atoms with Crippen LogP contribution in [0.15, 0.2) is 15.9 Å². The lowest BCUT2D eigenvalue weighted by atomic mass is 9.69. The maximum atomic E-state index is 11.1. The van der Waals surface area contributed by atoms with Crippen molar-refractivity contribution in [3.8, 4) is 0 Å². The quantitative estimate of drug-likeness (QED) is 0.879. The minimum absolute atomic E-state index is 0.492. The van der Waals surface area contributed by atoms with Crippen LogP contribution in [0.2, 0.25) is 0 Å². The number of hydrogen-bond acceptors (Lipinski definition) is 3. The predicted molar refractivity (Wildman–Crippen MR) is 67.6 cm³/mol. The third-order valence-electron chi connectivity index (χ3n) is 3.15. The summed E-state index contributed by atoms with van der Waals surface area (Å²) < 4.78 is 1.09. The Balaban J connectivity index is 1.81. The maximum absolute atomic E-state index is 11.1. The Labute approximate surface area is 107 Å². The summed E-state index contributed by atoms with van der Waals surface area (Å²) in [5.41, 5.74) is -0.492. The smallest absolute Gasteiger partial charge is 0.310 e. The first-order valence-electron chi connectivity index (χ1n) is 5.29. The van der Waals surface area contributed by atoms with Gasteiger partial charge in [0, 0.05) is 27.8 Å². The third-order valence-corrected chi connectivity index (χ3v) is 4.85. The minimum atomic E-state index is -0.654. The van der Waals surface area contributed by atoms with Gasteiger partial charge in [-0.25, -0.2) is 0 Å². The molecule has 5 heteroatoms. The fourth-order valence-electron chi connectivity index (χ4n) is 1.94. The van der Waals surface area contributed by atoms with Gasteiger partial charge in [-0.3, -0.25) is 4.79 Å².